The molecule has 21 heavy (non-hydrogen) atoms. The quantitative estimate of drug-likeness (QED) is 0.907. The van der Waals surface area contributed by atoms with Crippen LogP contribution in [-0.2, 0) is 18.4 Å². The number of aryl methyl sites for hydroxylation is 1. The van der Waals surface area contributed by atoms with Crippen LogP contribution in [0.4, 0.5) is 0 Å². The van der Waals surface area contributed by atoms with Gasteiger partial charge in [0.15, 0.2) is 0 Å². The largest absolute Gasteiger partial charge is 0.333 e. The molecule has 1 heterocycles. The molecule has 0 spiro atoms. The van der Waals surface area contributed by atoms with E-state index in [1.165, 1.54) is 11.1 Å². The summed E-state index contributed by atoms with van der Waals surface area (Å²) >= 11 is 0. The monoisotopic (exact) mass is 285 g/mol. The maximum atomic E-state index is 4.40. The van der Waals surface area contributed by atoms with E-state index in [1.807, 2.05) is 13.2 Å². The fourth-order valence-corrected chi connectivity index (χ4v) is 2.60. The summed E-state index contributed by atoms with van der Waals surface area (Å²) in [5, 5.41) is 3.42. The molecule has 0 aliphatic rings. The third-order valence-electron chi connectivity index (χ3n) is 4.02. The Morgan fingerprint density at radius 1 is 1.19 bits per heavy atom. The van der Waals surface area contributed by atoms with Crippen LogP contribution >= 0.6 is 0 Å². The van der Waals surface area contributed by atoms with E-state index in [4.69, 9.17) is 0 Å². The van der Waals surface area contributed by atoms with E-state index in [1.54, 1.807) is 0 Å². The van der Waals surface area contributed by atoms with Gasteiger partial charge >= 0.3 is 0 Å². The molecular formula is C18H27N3. The molecule has 1 unspecified atom stereocenters. The summed E-state index contributed by atoms with van der Waals surface area (Å²) in [5.41, 5.74) is 2.90. The van der Waals surface area contributed by atoms with Gasteiger partial charge < -0.3 is 9.88 Å². The Bertz CT molecular complexity index is 561. The second kappa shape index (κ2) is 6.44. The van der Waals surface area contributed by atoms with Crippen LogP contribution in [0, 0.1) is 0 Å². The Morgan fingerprint density at radius 2 is 1.86 bits per heavy atom. The molecule has 0 amide bonds. The van der Waals surface area contributed by atoms with Crippen LogP contribution in [0.3, 0.4) is 0 Å². The van der Waals surface area contributed by atoms with Crippen LogP contribution < -0.4 is 5.32 Å². The summed E-state index contributed by atoms with van der Waals surface area (Å²) in [4.78, 5) is 4.40. The van der Waals surface area contributed by atoms with Crippen molar-refractivity contribution in [2.75, 3.05) is 7.05 Å². The molecule has 0 saturated carbocycles. The molecule has 1 aromatic carbocycles. The van der Waals surface area contributed by atoms with Gasteiger partial charge in [-0.2, -0.15) is 0 Å². The summed E-state index contributed by atoms with van der Waals surface area (Å²) in [6, 6.07) is 9.27. The Kier molecular flexibility index (Phi) is 4.84. The molecule has 1 N–H and O–H groups in total. The summed E-state index contributed by atoms with van der Waals surface area (Å²) in [7, 11) is 2.02. The van der Waals surface area contributed by atoms with Gasteiger partial charge in [0.05, 0.1) is 0 Å². The highest BCUT2D eigenvalue weighted by molar-refractivity contribution is 5.29. The smallest absolute Gasteiger partial charge is 0.108 e. The Morgan fingerprint density at radius 3 is 2.38 bits per heavy atom. The number of nitrogens with one attached hydrogen (secondary N) is 1. The highest BCUT2D eigenvalue weighted by Crippen LogP contribution is 2.24. The van der Waals surface area contributed by atoms with Gasteiger partial charge in [0, 0.05) is 31.4 Å². The highest BCUT2D eigenvalue weighted by atomic mass is 15.1. The predicted octanol–water partition coefficient (Wildman–Crippen LogP) is 3.70. The second-order valence-corrected chi connectivity index (χ2v) is 6.56. The van der Waals surface area contributed by atoms with Crippen molar-refractivity contribution in [3.63, 3.8) is 0 Å². The molecular weight excluding hydrogens is 258 g/mol. The highest BCUT2D eigenvalue weighted by Gasteiger charge is 2.15. The second-order valence-electron chi connectivity index (χ2n) is 6.56. The van der Waals surface area contributed by atoms with Gasteiger partial charge in [-0.15, -0.1) is 0 Å². The first-order valence-electron chi connectivity index (χ1n) is 7.73. The number of benzene rings is 1. The zero-order valence-electron chi connectivity index (χ0n) is 13.9. The van der Waals surface area contributed by atoms with Crippen LogP contribution in [0.15, 0.2) is 36.7 Å². The van der Waals surface area contributed by atoms with E-state index >= 15 is 0 Å². The van der Waals surface area contributed by atoms with Gasteiger partial charge in [-0.1, -0.05) is 52.0 Å². The van der Waals surface area contributed by atoms with E-state index in [9.17, 15) is 0 Å². The topological polar surface area (TPSA) is 29.9 Å². The lowest BCUT2D eigenvalue weighted by Crippen LogP contribution is -2.23. The third kappa shape index (κ3) is 3.73. The number of aromatic nitrogens is 2. The zero-order chi connectivity index (χ0) is 15.5. The van der Waals surface area contributed by atoms with Crippen molar-refractivity contribution in [1.82, 2.24) is 14.9 Å². The van der Waals surface area contributed by atoms with Crippen molar-refractivity contribution >= 4 is 0 Å². The summed E-state index contributed by atoms with van der Waals surface area (Å²) in [6.07, 6.45) is 4.91. The molecule has 0 fully saturated rings. The van der Waals surface area contributed by atoms with Crippen LogP contribution in [0.25, 0.3) is 0 Å². The maximum Gasteiger partial charge on any atom is 0.108 e. The van der Waals surface area contributed by atoms with E-state index < -0.39 is 0 Å². The molecule has 0 bridgehead atoms. The molecule has 0 aliphatic heterocycles. The average molecular weight is 285 g/mol. The molecule has 0 radical (unpaired) electrons. The predicted molar refractivity (Wildman–Crippen MR) is 88.5 cm³/mol. The Hall–Kier alpha value is -1.61. The molecule has 2 rings (SSSR count). The van der Waals surface area contributed by atoms with Crippen molar-refractivity contribution in [3.05, 3.63) is 53.6 Å². The zero-order valence-corrected chi connectivity index (χ0v) is 13.9. The van der Waals surface area contributed by atoms with Crippen LogP contribution in [-0.4, -0.2) is 16.6 Å². The molecule has 1 atom stereocenters. The minimum Gasteiger partial charge on any atom is -0.333 e. The number of imidazole rings is 1. The van der Waals surface area contributed by atoms with Crippen molar-refractivity contribution in [2.45, 2.75) is 52.1 Å². The summed E-state index contributed by atoms with van der Waals surface area (Å²) in [5.74, 6) is 1.14. The average Bonchev–Trinajstić information content (AvgIpc) is 2.91. The van der Waals surface area contributed by atoms with E-state index in [0.29, 0.717) is 6.04 Å². The number of rotatable bonds is 5. The molecule has 2 aromatic rings. The number of likely N-dealkylation sites (N-methyl/N-ethyl adjacent to an activating group) is 1. The third-order valence-corrected chi connectivity index (χ3v) is 4.02. The fourth-order valence-electron chi connectivity index (χ4n) is 2.60. The van der Waals surface area contributed by atoms with Crippen LogP contribution in [0.1, 0.15) is 50.7 Å². The summed E-state index contributed by atoms with van der Waals surface area (Å²) < 4.78 is 2.23. The van der Waals surface area contributed by atoms with Crippen molar-refractivity contribution in [2.24, 2.45) is 0 Å². The number of hydrogen-bond donors (Lipinski definition) is 1. The van der Waals surface area contributed by atoms with Crippen molar-refractivity contribution in [1.29, 1.82) is 0 Å². The van der Waals surface area contributed by atoms with Crippen LogP contribution in [0.5, 0.6) is 0 Å². The fraction of sp³-hybridized carbons (Fsp3) is 0.500. The number of hydrogen-bond acceptors (Lipinski definition) is 2. The minimum atomic E-state index is 0.202. The molecule has 0 saturated heterocycles. The Labute approximate surface area is 128 Å². The first kappa shape index (κ1) is 15.8. The van der Waals surface area contributed by atoms with E-state index in [-0.39, 0.29) is 5.41 Å². The molecule has 3 nitrogen and oxygen atoms in total. The first-order valence-corrected chi connectivity index (χ1v) is 7.73. The molecule has 3 heteroatoms. The van der Waals surface area contributed by atoms with Gasteiger partial charge in [-0.3, -0.25) is 0 Å². The van der Waals surface area contributed by atoms with Gasteiger partial charge in [0.25, 0.3) is 0 Å². The number of nitrogens with zero attached hydrogens (tertiary/aromatic N) is 2. The van der Waals surface area contributed by atoms with Gasteiger partial charge in [-0.05, 0) is 23.6 Å². The standard InChI is InChI=1S/C18H27N3/c1-6-17-20-11-12-21(17)13-16(19-5)14-7-9-15(10-8-14)18(2,3)4/h7-12,16,19H,6,13H2,1-5H3. The first-order chi connectivity index (χ1) is 9.95. The van der Waals surface area contributed by atoms with Crippen LogP contribution in [0.2, 0.25) is 0 Å². The molecule has 114 valence electrons. The Balaban J connectivity index is 2.18. The van der Waals surface area contributed by atoms with Crippen molar-refractivity contribution < 1.29 is 0 Å². The normalized spacial score (nSPS) is 13.4. The lowest BCUT2D eigenvalue weighted by molar-refractivity contribution is 0.488. The SMILES string of the molecule is CCc1nccn1CC(NC)c1ccc(C(C)(C)C)cc1. The van der Waals surface area contributed by atoms with Gasteiger partial charge in [-0.25, -0.2) is 4.98 Å². The summed E-state index contributed by atoms with van der Waals surface area (Å²) in [6.45, 7) is 9.80. The molecule has 1 aromatic heterocycles. The van der Waals surface area contributed by atoms with Gasteiger partial charge in [0.1, 0.15) is 5.82 Å². The maximum absolute atomic E-state index is 4.40. The van der Waals surface area contributed by atoms with Gasteiger partial charge in [0.2, 0.25) is 0 Å². The minimum absolute atomic E-state index is 0.202. The van der Waals surface area contributed by atoms with E-state index in [0.717, 1.165) is 18.8 Å². The van der Waals surface area contributed by atoms with E-state index in [2.05, 4.69) is 73.0 Å². The lowest BCUT2D eigenvalue weighted by Gasteiger charge is -2.22. The van der Waals surface area contributed by atoms with Crippen molar-refractivity contribution in [3.8, 4) is 0 Å². The molecule has 0 aliphatic carbocycles. The lowest BCUT2D eigenvalue weighted by atomic mass is 9.86.